The SMILES string of the molecule is [B]c1c([B])c([B])c(-c2ccc3c(c2)C2(c4cc(-c5c(C)cc(N(c6ccc(-c7ccccc7)cc6)c6c([B])c([B])c([B])c([B])c6[B])c6cc(C)ccc56)ccc4-3)C3CC4CC(C3)CC2C4)c([B])c1[B]. The second kappa shape index (κ2) is 16.3. The second-order valence-electron chi connectivity index (χ2n) is 20.4. The first-order valence-electron chi connectivity index (χ1n) is 24.0. The molecule has 0 unspecified atom stereocenters. The lowest BCUT2D eigenvalue weighted by molar-refractivity contribution is -0.0399. The van der Waals surface area contributed by atoms with Crippen molar-refractivity contribution in [2.24, 2.45) is 23.7 Å². The summed E-state index contributed by atoms with van der Waals surface area (Å²) in [6.07, 6.45) is 6.22. The molecule has 1 spiro atoms. The number of hydrogen-bond donors (Lipinski definition) is 0. The van der Waals surface area contributed by atoms with Gasteiger partial charge in [-0.2, -0.15) is 0 Å². The van der Waals surface area contributed by atoms with E-state index in [1.165, 1.54) is 59.9 Å². The Morgan fingerprint density at radius 1 is 0.420 bits per heavy atom. The minimum absolute atomic E-state index is 0.167. The molecule has 69 heavy (non-hydrogen) atoms. The number of anilines is 3. The lowest BCUT2D eigenvalue weighted by atomic mass is 9.43. The summed E-state index contributed by atoms with van der Waals surface area (Å²) in [7, 11) is 66.2. The maximum absolute atomic E-state index is 6.95. The van der Waals surface area contributed by atoms with E-state index < -0.39 is 0 Å². The van der Waals surface area contributed by atoms with Gasteiger partial charge in [0.05, 0.1) is 5.69 Å². The summed E-state index contributed by atoms with van der Waals surface area (Å²) in [6, 6.07) is 41.5. The van der Waals surface area contributed by atoms with Gasteiger partial charge in [0, 0.05) is 22.2 Å². The predicted octanol–water partition coefficient (Wildman–Crippen LogP) is 3.59. The first-order chi connectivity index (χ1) is 33.2. The highest BCUT2D eigenvalue weighted by Crippen LogP contribution is 2.70. The molecule has 4 saturated carbocycles. The number of hydrogen-bond acceptors (Lipinski definition) is 1. The van der Waals surface area contributed by atoms with Crippen LogP contribution in [0.2, 0.25) is 0 Å². The fourth-order valence-electron chi connectivity index (χ4n) is 13.8. The van der Waals surface area contributed by atoms with E-state index in [-0.39, 0.29) is 49.1 Å². The van der Waals surface area contributed by atoms with Crippen LogP contribution in [-0.4, -0.2) is 78.5 Å². The number of benzene rings is 8. The number of rotatable bonds is 6. The van der Waals surface area contributed by atoms with Gasteiger partial charge in [-0.3, -0.25) is 0 Å². The van der Waals surface area contributed by atoms with Crippen LogP contribution in [0.3, 0.4) is 0 Å². The van der Waals surface area contributed by atoms with Gasteiger partial charge in [-0.25, -0.2) is 0 Å². The van der Waals surface area contributed by atoms with Crippen LogP contribution >= 0.6 is 0 Å². The summed E-state index contributed by atoms with van der Waals surface area (Å²) in [6.45, 7) is 4.31. The van der Waals surface area contributed by atoms with Crippen molar-refractivity contribution in [2.45, 2.75) is 51.4 Å². The van der Waals surface area contributed by atoms with Gasteiger partial charge in [0.15, 0.2) is 0 Å². The highest BCUT2D eigenvalue weighted by molar-refractivity contribution is 6.70. The normalized spacial score (nSPS) is 20.7. The van der Waals surface area contributed by atoms with Crippen molar-refractivity contribution in [3.63, 3.8) is 0 Å². The predicted molar refractivity (Wildman–Crippen MR) is 302 cm³/mol. The number of aryl methyl sites for hydroxylation is 2. The van der Waals surface area contributed by atoms with Crippen LogP contribution in [-0.2, 0) is 5.41 Å². The lowest BCUT2D eigenvalue weighted by Crippen LogP contribution is -2.56. The largest absolute Gasteiger partial charge is 0.311 e. The van der Waals surface area contributed by atoms with E-state index in [4.69, 9.17) is 78.5 Å². The van der Waals surface area contributed by atoms with E-state index in [1.54, 1.807) is 0 Å². The maximum Gasteiger partial charge on any atom is 0.115 e. The molecule has 8 aromatic rings. The summed E-state index contributed by atoms with van der Waals surface area (Å²) < 4.78 is 0. The summed E-state index contributed by atoms with van der Waals surface area (Å²) in [5, 5.41) is 2.11. The molecule has 5 aliphatic rings. The van der Waals surface area contributed by atoms with Crippen LogP contribution in [0.5, 0.6) is 0 Å². The van der Waals surface area contributed by atoms with Crippen molar-refractivity contribution in [2.75, 3.05) is 4.90 Å². The zero-order valence-corrected chi connectivity index (χ0v) is 39.0. The van der Waals surface area contributed by atoms with E-state index >= 15 is 0 Å². The molecule has 0 atom stereocenters. The Hall–Kier alpha value is -5.53. The van der Waals surface area contributed by atoms with Gasteiger partial charge in [0.2, 0.25) is 0 Å². The molecule has 8 aromatic carbocycles. The third-order valence-electron chi connectivity index (χ3n) is 16.8. The van der Waals surface area contributed by atoms with Gasteiger partial charge in [-0.15, -0.1) is 32.8 Å². The number of nitrogens with zero attached hydrogens (tertiary/aromatic N) is 1. The molecule has 5 aliphatic carbocycles. The molecule has 4 bridgehead atoms. The molecule has 0 amide bonds. The van der Waals surface area contributed by atoms with Crippen molar-refractivity contribution in [1.82, 2.24) is 0 Å². The fraction of sp³-hybridized carbons (Fsp3) is 0.207. The van der Waals surface area contributed by atoms with Gasteiger partial charge in [-0.1, -0.05) is 106 Å². The van der Waals surface area contributed by atoms with Crippen LogP contribution < -0.4 is 59.5 Å². The molecule has 306 valence electrons. The third kappa shape index (κ3) is 6.50. The summed E-state index contributed by atoms with van der Waals surface area (Å²) in [4.78, 5) is 2.09. The average Bonchev–Trinajstić information content (AvgIpc) is 3.63. The van der Waals surface area contributed by atoms with Crippen molar-refractivity contribution < 1.29 is 0 Å². The zero-order valence-electron chi connectivity index (χ0n) is 39.0. The Kier molecular flexibility index (Phi) is 10.5. The van der Waals surface area contributed by atoms with E-state index in [1.807, 2.05) is 18.2 Å². The molecule has 13 rings (SSSR count). The standard InChI is InChI=1S/C58H39B10N/c1-27-8-15-40-41(18-27)44(69(57-55(67)53(65)52(64)54(66)56(57)68)37-13-9-32(10-14-37)31-6-4-3-5-7-31)19-28(2)45(40)33-11-16-38-39-17-12-34(46-47(59)49(61)51(63)50(62)48(46)60)26-43(39)58(42(38)25-33)35-21-29-20-30(23-35)24-36(58)22-29/h3-19,25-26,29-30,35-36H,20-24H2,1-2H3. The van der Waals surface area contributed by atoms with Crippen molar-refractivity contribution in [1.29, 1.82) is 0 Å². The molecular formula is C58H39B10N. The molecule has 4 fully saturated rings. The van der Waals surface area contributed by atoms with Crippen LogP contribution in [0.15, 0.2) is 115 Å². The van der Waals surface area contributed by atoms with Crippen molar-refractivity contribution in [3.8, 4) is 44.5 Å². The molecule has 11 heteroatoms. The van der Waals surface area contributed by atoms with E-state index in [0.717, 1.165) is 67.4 Å². The first kappa shape index (κ1) is 44.7. The lowest BCUT2D eigenvalue weighted by Gasteiger charge is -2.61. The Morgan fingerprint density at radius 3 is 1.45 bits per heavy atom. The van der Waals surface area contributed by atoms with Crippen LogP contribution in [0.1, 0.15) is 54.4 Å². The maximum atomic E-state index is 6.95. The van der Waals surface area contributed by atoms with E-state index in [2.05, 4.69) is 116 Å². The molecule has 0 aliphatic heterocycles. The summed E-state index contributed by atoms with van der Waals surface area (Å²) >= 11 is 0. The van der Waals surface area contributed by atoms with Gasteiger partial charge in [0.1, 0.15) is 78.5 Å². The second-order valence-corrected chi connectivity index (χ2v) is 20.4. The fourth-order valence-corrected chi connectivity index (χ4v) is 13.8. The van der Waals surface area contributed by atoms with E-state index in [9.17, 15) is 0 Å². The highest BCUT2D eigenvalue weighted by Gasteiger charge is 2.61. The van der Waals surface area contributed by atoms with Gasteiger partial charge in [0.25, 0.3) is 0 Å². The smallest absolute Gasteiger partial charge is 0.115 e. The monoisotopic (exact) mass is 859 g/mol. The molecule has 0 aromatic heterocycles. The Bertz CT molecular complexity index is 3410. The van der Waals surface area contributed by atoms with Crippen molar-refractivity contribution in [3.05, 3.63) is 138 Å². The minimum Gasteiger partial charge on any atom is -0.311 e. The van der Waals surface area contributed by atoms with E-state index in [0.29, 0.717) is 34.0 Å². The van der Waals surface area contributed by atoms with Gasteiger partial charge < -0.3 is 4.90 Å². The Morgan fingerprint density at radius 2 is 0.899 bits per heavy atom. The van der Waals surface area contributed by atoms with Crippen molar-refractivity contribution >= 4 is 161 Å². The molecule has 0 heterocycles. The molecular weight excluding hydrogens is 819 g/mol. The Balaban J connectivity index is 1.07. The molecule has 0 N–H and O–H groups in total. The number of fused-ring (bicyclic) bond motifs is 4. The summed E-state index contributed by atoms with van der Waals surface area (Å²) in [5.41, 5.74) is 18.1. The third-order valence-corrected chi connectivity index (χ3v) is 16.8. The summed E-state index contributed by atoms with van der Waals surface area (Å²) in [5.74, 6) is 2.51. The zero-order chi connectivity index (χ0) is 47.9. The van der Waals surface area contributed by atoms with Gasteiger partial charge >= 0.3 is 0 Å². The topological polar surface area (TPSA) is 3.24 Å². The minimum atomic E-state index is -0.189. The van der Waals surface area contributed by atoms with Crippen LogP contribution in [0.4, 0.5) is 17.1 Å². The molecule has 1 nitrogen and oxygen atoms in total. The Labute approximate surface area is 420 Å². The first-order valence-corrected chi connectivity index (χ1v) is 24.0. The highest BCUT2D eigenvalue weighted by atomic mass is 15.1. The quantitative estimate of drug-likeness (QED) is 0.232. The average molecular weight is 858 g/mol. The van der Waals surface area contributed by atoms with Gasteiger partial charge in [-0.05, 0) is 173 Å². The van der Waals surface area contributed by atoms with Crippen LogP contribution in [0, 0.1) is 37.5 Å². The molecule has 20 radical (unpaired) electrons. The van der Waals surface area contributed by atoms with Crippen LogP contribution in [0.25, 0.3) is 55.3 Å². The molecule has 0 saturated heterocycles.